The van der Waals surface area contributed by atoms with Crippen LogP contribution in [0.2, 0.25) is 0 Å². The molecule has 0 aromatic heterocycles. The van der Waals surface area contributed by atoms with E-state index in [9.17, 15) is 19.2 Å². The molecule has 0 aromatic carbocycles. The smallest absolute Gasteiger partial charge is 0.311 e. The average Bonchev–Trinajstić information content (AvgIpc) is 2.56. The van der Waals surface area contributed by atoms with Crippen molar-refractivity contribution < 1.29 is 28.7 Å². The fourth-order valence-electron chi connectivity index (χ4n) is 2.39. The number of methoxy groups -OCH3 is 2. The molecule has 0 atom stereocenters. The van der Waals surface area contributed by atoms with Gasteiger partial charge < -0.3 is 9.47 Å². The second-order valence-corrected chi connectivity index (χ2v) is 7.68. The molecule has 144 valence electrons. The van der Waals surface area contributed by atoms with Gasteiger partial charge in [-0.3, -0.25) is 19.2 Å². The van der Waals surface area contributed by atoms with Gasteiger partial charge in [0.15, 0.2) is 0 Å². The van der Waals surface area contributed by atoms with Gasteiger partial charge in [0.1, 0.15) is 11.6 Å². The topological polar surface area (TPSA) is 86.7 Å². The van der Waals surface area contributed by atoms with Crippen LogP contribution >= 0.6 is 0 Å². The standard InChI is InChI=1S/C19H32O6/c1-18(2,16(22)24-5)12-10-14(20)8-7-9-15(21)11-13-19(3,4)17(23)25-6/h7-13H2,1-6H3. The lowest BCUT2D eigenvalue weighted by atomic mass is 9.86. The van der Waals surface area contributed by atoms with Gasteiger partial charge in [-0.15, -0.1) is 0 Å². The highest BCUT2D eigenvalue weighted by molar-refractivity contribution is 5.83. The predicted molar refractivity (Wildman–Crippen MR) is 93.9 cm³/mol. The van der Waals surface area contributed by atoms with Gasteiger partial charge in [-0.2, -0.15) is 0 Å². The maximum Gasteiger partial charge on any atom is 0.311 e. The fourth-order valence-corrected chi connectivity index (χ4v) is 2.39. The van der Waals surface area contributed by atoms with E-state index in [0.717, 1.165) is 0 Å². The predicted octanol–water partition coefficient (Wildman–Crippen LogP) is 3.25. The van der Waals surface area contributed by atoms with Gasteiger partial charge in [0, 0.05) is 25.7 Å². The van der Waals surface area contributed by atoms with Crippen molar-refractivity contribution in [2.75, 3.05) is 14.2 Å². The van der Waals surface area contributed by atoms with Crippen LogP contribution in [-0.4, -0.2) is 37.7 Å². The van der Waals surface area contributed by atoms with E-state index in [0.29, 0.717) is 44.9 Å². The van der Waals surface area contributed by atoms with Gasteiger partial charge in [0.2, 0.25) is 0 Å². The summed E-state index contributed by atoms with van der Waals surface area (Å²) < 4.78 is 9.42. The average molecular weight is 356 g/mol. The van der Waals surface area contributed by atoms with Crippen molar-refractivity contribution in [2.24, 2.45) is 10.8 Å². The first-order chi connectivity index (χ1) is 11.5. The molecule has 0 aliphatic heterocycles. The molecule has 6 nitrogen and oxygen atoms in total. The number of carbonyl (C=O) groups excluding carboxylic acids is 4. The molecule has 0 aromatic rings. The minimum Gasteiger partial charge on any atom is -0.469 e. The maximum atomic E-state index is 11.9. The Kier molecular flexibility index (Phi) is 9.60. The Balaban J connectivity index is 4.07. The summed E-state index contributed by atoms with van der Waals surface area (Å²) in [5.41, 5.74) is -1.36. The van der Waals surface area contributed by atoms with E-state index in [1.165, 1.54) is 14.2 Å². The lowest BCUT2D eigenvalue weighted by Gasteiger charge is -2.21. The molecule has 6 heteroatoms. The summed E-state index contributed by atoms with van der Waals surface area (Å²) in [5, 5.41) is 0. The third-order valence-electron chi connectivity index (χ3n) is 4.44. The Hall–Kier alpha value is -1.72. The van der Waals surface area contributed by atoms with Gasteiger partial charge in [0.25, 0.3) is 0 Å². The first-order valence-corrected chi connectivity index (χ1v) is 8.66. The zero-order valence-corrected chi connectivity index (χ0v) is 16.4. The Morgan fingerprint density at radius 3 is 1.24 bits per heavy atom. The van der Waals surface area contributed by atoms with E-state index in [4.69, 9.17) is 9.47 Å². The number of ketones is 2. The van der Waals surface area contributed by atoms with Crippen LogP contribution in [0, 0.1) is 10.8 Å². The van der Waals surface area contributed by atoms with Gasteiger partial charge in [-0.1, -0.05) is 0 Å². The summed E-state index contributed by atoms with van der Waals surface area (Å²) in [6.07, 6.45) is 2.60. The third kappa shape index (κ3) is 8.79. The van der Waals surface area contributed by atoms with Crippen molar-refractivity contribution in [1.29, 1.82) is 0 Å². The summed E-state index contributed by atoms with van der Waals surface area (Å²) in [6, 6.07) is 0. The number of Topliss-reactive ketones (excluding diaryl/α,β-unsaturated/α-hetero) is 2. The summed E-state index contributed by atoms with van der Waals surface area (Å²) in [4.78, 5) is 46.9. The quantitative estimate of drug-likeness (QED) is 0.499. The molecule has 0 heterocycles. The number of hydrogen-bond acceptors (Lipinski definition) is 6. The molecule has 0 fully saturated rings. The highest BCUT2D eigenvalue weighted by atomic mass is 16.5. The normalized spacial score (nSPS) is 11.8. The van der Waals surface area contributed by atoms with Crippen LogP contribution in [0.25, 0.3) is 0 Å². The van der Waals surface area contributed by atoms with Crippen LogP contribution in [0.3, 0.4) is 0 Å². The molecule has 0 aliphatic carbocycles. The van der Waals surface area contributed by atoms with E-state index in [-0.39, 0.29) is 23.5 Å². The van der Waals surface area contributed by atoms with Gasteiger partial charge in [0.05, 0.1) is 25.0 Å². The zero-order chi connectivity index (χ0) is 19.7. The van der Waals surface area contributed by atoms with Crippen molar-refractivity contribution in [3.8, 4) is 0 Å². The molecule has 0 rings (SSSR count). The van der Waals surface area contributed by atoms with E-state index in [1.807, 2.05) is 0 Å². The lowest BCUT2D eigenvalue weighted by Crippen LogP contribution is -2.26. The molecular weight excluding hydrogens is 324 g/mol. The molecule has 0 saturated carbocycles. The van der Waals surface area contributed by atoms with Crippen LogP contribution in [0.1, 0.15) is 72.6 Å². The fraction of sp³-hybridized carbons (Fsp3) is 0.789. The Morgan fingerprint density at radius 1 is 0.640 bits per heavy atom. The highest BCUT2D eigenvalue weighted by Crippen LogP contribution is 2.26. The largest absolute Gasteiger partial charge is 0.469 e. The molecule has 0 radical (unpaired) electrons. The van der Waals surface area contributed by atoms with E-state index < -0.39 is 10.8 Å². The number of esters is 2. The first-order valence-electron chi connectivity index (χ1n) is 8.66. The number of hydrogen-bond donors (Lipinski definition) is 0. The third-order valence-corrected chi connectivity index (χ3v) is 4.44. The van der Waals surface area contributed by atoms with E-state index >= 15 is 0 Å². The molecular formula is C19H32O6. The minimum absolute atomic E-state index is 0.0414. The van der Waals surface area contributed by atoms with Crippen molar-refractivity contribution in [2.45, 2.75) is 72.6 Å². The SMILES string of the molecule is COC(=O)C(C)(C)CCC(=O)CCCC(=O)CCC(C)(C)C(=O)OC. The van der Waals surface area contributed by atoms with E-state index in [2.05, 4.69) is 0 Å². The molecule has 0 saturated heterocycles. The highest BCUT2D eigenvalue weighted by Gasteiger charge is 2.30. The van der Waals surface area contributed by atoms with Crippen LogP contribution in [0.15, 0.2) is 0 Å². The van der Waals surface area contributed by atoms with Crippen LogP contribution < -0.4 is 0 Å². The molecule has 0 amide bonds. The van der Waals surface area contributed by atoms with Crippen molar-refractivity contribution in [3.05, 3.63) is 0 Å². The second-order valence-electron chi connectivity index (χ2n) is 7.68. The lowest BCUT2D eigenvalue weighted by molar-refractivity contribution is -0.152. The Labute approximate surface area is 150 Å². The summed E-state index contributed by atoms with van der Waals surface area (Å²) in [5.74, 6) is -0.577. The van der Waals surface area contributed by atoms with Crippen LogP contribution in [0.4, 0.5) is 0 Å². The molecule has 0 unspecified atom stereocenters. The summed E-state index contributed by atoms with van der Waals surface area (Å²) in [6.45, 7) is 6.99. The Morgan fingerprint density at radius 2 is 0.960 bits per heavy atom. The Bertz CT molecular complexity index is 446. The molecule has 0 aliphatic rings. The molecule has 0 N–H and O–H groups in total. The van der Waals surface area contributed by atoms with Crippen molar-refractivity contribution in [3.63, 3.8) is 0 Å². The maximum absolute atomic E-state index is 11.9. The summed E-state index contributed by atoms with van der Waals surface area (Å²) in [7, 11) is 2.66. The molecule has 0 bridgehead atoms. The van der Waals surface area contributed by atoms with Gasteiger partial charge in [-0.25, -0.2) is 0 Å². The number of carbonyl (C=O) groups is 4. The van der Waals surface area contributed by atoms with Crippen LogP contribution in [0.5, 0.6) is 0 Å². The molecule has 25 heavy (non-hydrogen) atoms. The van der Waals surface area contributed by atoms with Crippen LogP contribution in [-0.2, 0) is 28.7 Å². The van der Waals surface area contributed by atoms with E-state index in [1.54, 1.807) is 27.7 Å². The number of rotatable bonds is 12. The van der Waals surface area contributed by atoms with Gasteiger partial charge >= 0.3 is 11.9 Å². The zero-order valence-electron chi connectivity index (χ0n) is 16.4. The van der Waals surface area contributed by atoms with Crippen molar-refractivity contribution >= 4 is 23.5 Å². The van der Waals surface area contributed by atoms with Gasteiger partial charge in [-0.05, 0) is 47.0 Å². The summed E-state index contributed by atoms with van der Waals surface area (Å²) >= 11 is 0. The minimum atomic E-state index is -0.681. The number of ether oxygens (including phenoxy) is 2. The van der Waals surface area contributed by atoms with Crippen molar-refractivity contribution in [1.82, 2.24) is 0 Å². The second kappa shape index (κ2) is 10.3. The molecule has 0 spiro atoms. The monoisotopic (exact) mass is 356 g/mol. The first kappa shape index (κ1) is 23.3.